The third-order valence-corrected chi connectivity index (χ3v) is 5.03. The molecule has 0 spiro atoms. The predicted octanol–water partition coefficient (Wildman–Crippen LogP) is 4.03. The van der Waals surface area contributed by atoms with E-state index in [-0.39, 0.29) is 5.91 Å². The van der Waals surface area contributed by atoms with Crippen LogP contribution >= 0.6 is 0 Å². The van der Waals surface area contributed by atoms with E-state index < -0.39 is 5.97 Å². The van der Waals surface area contributed by atoms with E-state index in [4.69, 9.17) is 9.84 Å². The summed E-state index contributed by atoms with van der Waals surface area (Å²) in [4.78, 5) is 26.1. The molecule has 0 aliphatic carbocycles. The molecular weight excluding hydrogens is 380 g/mol. The number of fused-ring (bicyclic) bond motifs is 1. The van der Waals surface area contributed by atoms with E-state index in [1.54, 1.807) is 24.3 Å². The topological polar surface area (TPSA) is 78.9 Å². The molecule has 6 heteroatoms. The Balaban J connectivity index is 1.65. The molecule has 1 heterocycles. The molecule has 0 bridgehead atoms. The maximum atomic E-state index is 13.2. The van der Waals surface area contributed by atoms with Crippen LogP contribution in [0.15, 0.2) is 66.7 Å². The zero-order valence-electron chi connectivity index (χ0n) is 16.4. The van der Waals surface area contributed by atoms with Crippen molar-refractivity contribution in [1.82, 2.24) is 0 Å². The first-order valence-corrected chi connectivity index (χ1v) is 9.78. The molecule has 0 saturated carbocycles. The summed E-state index contributed by atoms with van der Waals surface area (Å²) in [6.45, 7) is 2.92. The Kier molecular flexibility index (Phi) is 5.77. The van der Waals surface area contributed by atoms with Gasteiger partial charge in [0, 0.05) is 36.1 Å². The number of benzene rings is 3. The first-order chi connectivity index (χ1) is 14.6. The minimum absolute atomic E-state index is 0.208. The van der Waals surface area contributed by atoms with Crippen LogP contribution in [0.4, 0.5) is 11.4 Å². The van der Waals surface area contributed by atoms with E-state index in [9.17, 15) is 9.59 Å². The average molecular weight is 402 g/mol. The van der Waals surface area contributed by atoms with Crippen molar-refractivity contribution in [3.8, 4) is 0 Å². The molecule has 6 nitrogen and oxygen atoms in total. The Morgan fingerprint density at radius 2 is 1.80 bits per heavy atom. The number of aliphatic carboxylic acids is 1. The van der Waals surface area contributed by atoms with Gasteiger partial charge in [-0.15, -0.1) is 0 Å². The lowest BCUT2D eigenvalue weighted by Gasteiger charge is -2.29. The smallest absolute Gasteiger partial charge is 0.328 e. The number of morpholine rings is 1. The van der Waals surface area contributed by atoms with Gasteiger partial charge in [-0.25, -0.2) is 4.79 Å². The second-order valence-electron chi connectivity index (χ2n) is 7.07. The number of hydrogen-bond donors (Lipinski definition) is 2. The van der Waals surface area contributed by atoms with E-state index >= 15 is 0 Å². The standard InChI is InChI=1S/C24H22N2O4/c27-23(28)9-8-17-4-3-6-19(14-17)25-24(29)22-16-20(26-10-12-30-13-11-26)15-18-5-1-2-7-21(18)22/h1-9,14-16H,10-13H2,(H,25,29)(H,27,28)/b9-8+. The molecule has 0 aromatic heterocycles. The third-order valence-electron chi connectivity index (χ3n) is 5.03. The quantitative estimate of drug-likeness (QED) is 0.630. The maximum Gasteiger partial charge on any atom is 0.328 e. The molecule has 4 rings (SSSR count). The van der Waals surface area contributed by atoms with Crippen LogP contribution in [-0.2, 0) is 9.53 Å². The lowest BCUT2D eigenvalue weighted by atomic mass is 10.0. The lowest BCUT2D eigenvalue weighted by molar-refractivity contribution is -0.131. The highest BCUT2D eigenvalue weighted by molar-refractivity contribution is 6.14. The Morgan fingerprint density at radius 1 is 1.00 bits per heavy atom. The van der Waals surface area contributed by atoms with Crippen molar-refractivity contribution < 1.29 is 19.4 Å². The number of amides is 1. The molecule has 1 aliphatic heterocycles. The molecule has 1 saturated heterocycles. The molecule has 3 aromatic rings. The Labute approximate surface area is 174 Å². The SMILES string of the molecule is O=C(O)/C=C/c1cccc(NC(=O)c2cc(N3CCOCC3)cc3ccccc23)c1. The van der Waals surface area contributed by atoms with Gasteiger partial charge in [0.25, 0.3) is 5.91 Å². The van der Waals surface area contributed by atoms with Gasteiger partial charge in [-0.2, -0.15) is 0 Å². The summed E-state index contributed by atoms with van der Waals surface area (Å²) in [5, 5.41) is 13.6. The summed E-state index contributed by atoms with van der Waals surface area (Å²) in [7, 11) is 0. The van der Waals surface area contributed by atoms with Gasteiger partial charge >= 0.3 is 5.97 Å². The van der Waals surface area contributed by atoms with Crippen LogP contribution in [0, 0.1) is 0 Å². The molecule has 1 aliphatic rings. The first-order valence-electron chi connectivity index (χ1n) is 9.78. The van der Waals surface area contributed by atoms with Gasteiger partial charge in [-0.3, -0.25) is 4.79 Å². The summed E-state index contributed by atoms with van der Waals surface area (Å²) in [5.41, 5.74) is 2.90. The Bertz CT molecular complexity index is 1120. The molecule has 152 valence electrons. The zero-order valence-corrected chi connectivity index (χ0v) is 16.4. The minimum Gasteiger partial charge on any atom is -0.478 e. The second kappa shape index (κ2) is 8.80. The fourth-order valence-corrected chi connectivity index (χ4v) is 3.57. The van der Waals surface area contributed by atoms with E-state index in [0.29, 0.717) is 30.0 Å². The summed E-state index contributed by atoms with van der Waals surface area (Å²) >= 11 is 0. The van der Waals surface area contributed by atoms with Gasteiger partial charge in [0.2, 0.25) is 0 Å². The highest BCUT2D eigenvalue weighted by Gasteiger charge is 2.17. The molecule has 30 heavy (non-hydrogen) atoms. The number of carbonyl (C=O) groups is 2. The van der Waals surface area contributed by atoms with Gasteiger partial charge in [0.05, 0.1) is 13.2 Å². The van der Waals surface area contributed by atoms with Gasteiger partial charge < -0.3 is 20.1 Å². The van der Waals surface area contributed by atoms with E-state index in [1.165, 1.54) is 6.08 Å². The first kappa shape index (κ1) is 19.7. The van der Waals surface area contributed by atoms with Crippen molar-refractivity contribution in [3.63, 3.8) is 0 Å². The number of nitrogens with zero attached hydrogens (tertiary/aromatic N) is 1. The lowest BCUT2D eigenvalue weighted by Crippen LogP contribution is -2.36. The number of carboxylic acid groups (broad SMARTS) is 1. The van der Waals surface area contributed by atoms with Gasteiger partial charge in [-0.1, -0.05) is 36.4 Å². The summed E-state index contributed by atoms with van der Waals surface area (Å²) in [6.07, 6.45) is 2.56. The van der Waals surface area contributed by atoms with E-state index in [1.807, 2.05) is 30.3 Å². The number of carbonyl (C=O) groups excluding carboxylic acids is 1. The average Bonchev–Trinajstić information content (AvgIpc) is 2.77. The van der Waals surface area contributed by atoms with Crippen molar-refractivity contribution in [2.24, 2.45) is 0 Å². The monoisotopic (exact) mass is 402 g/mol. The largest absolute Gasteiger partial charge is 0.478 e. The van der Waals surface area contributed by atoms with Crippen molar-refractivity contribution in [1.29, 1.82) is 0 Å². The maximum absolute atomic E-state index is 13.2. The number of hydrogen-bond acceptors (Lipinski definition) is 4. The normalized spacial score (nSPS) is 14.2. The van der Waals surface area contributed by atoms with Crippen LogP contribution in [0.5, 0.6) is 0 Å². The molecule has 0 unspecified atom stereocenters. The van der Waals surface area contributed by atoms with Gasteiger partial charge in [0.15, 0.2) is 0 Å². The number of carboxylic acids is 1. The highest BCUT2D eigenvalue weighted by atomic mass is 16.5. The van der Waals surface area contributed by atoms with Crippen LogP contribution < -0.4 is 10.2 Å². The predicted molar refractivity (Wildman–Crippen MR) is 118 cm³/mol. The van der Waals surface area contributed by atoms with Gasteiger partial charge in [0.1, 0.15) is 0 Å². The summed E-state index contributed by atoms with van der Waals surface area (Å²) in [5.74, 6) is -1.23. The molecule has 2 N–H and O–H groups in total. The van der Waals surface area contributed by atoms with Crippen molar-refractivity contribution >= 4 is 40.1 Å². The second-order valence-corrected chi connectivity index (χ2v) is 7.07. The van der Waals surface area contributed by atoms with Crippen molar-refractivity contribution in [2.75, 3.05) is 36.5 Å². The van der Waals surface area contributed by atoms with E-state index in [2.05, 4.69) is 16.3 Å². The van der Waals surface area contributed by atoms with Crippen LogP contribution in [0.2, 0.25) is 0 Å². The molecule has 3 aromatic carbocycles. The number of rotatable bonds is 5. The fourth-order valence-electron chi connectivity index (χ4n) is 3.57. The zero-order chi connectivity index (χ0) is 20.9. The number of anilines is 2. The molecule has 1 fully saturated rings. The summed E-state index contributed by atoms with van der Waals surface area (Å²) in [6, 6.07) is 19.0. The Morgan fingerprint density at radius 3 is 2.60 bits per heavy atom. The molecule has 0 radical (unpaired) electrons. The van der Waals surface area contributed by atoms with Crippen molar-refractivity contribution in [2.45, 2.75) is 0 Å². The van der Waals surface area contributed by atoms with Gasteiger partial charge in [-0.05, 0) is 46.7 Å². The number of ether oxygens (including phenoxy) is 1. The Hall–Kier alpha value is -3.64. The van der Waals surface area contributed by atoms with Crippen LogP contribution in [0.1, 0.15) is 15.9 Å². The highest BCUT2D eigenvalue weighted by Crippen LogP contribution is 2.28. The minimum atomic E-state index is -1.02. The molecule has 0 atom stereocenters. The number of nitrogens with one attached hydrogen (secondary N) is 1. The van der Waals surface area contributed by atoms with E-state index in [0.717, 1.165) is 35.6 Å². The van der Waals surface area contributed by atoms with Crippen LogP contribution in [0.25, 0.3) is 16.8 Å². The fraction of sp³-hybridized carbons (Fsp3) is 0.167. The van der Waals surface area contributed by atoms with Crippen LogP contribution in [0.3, 0.4) is 0 Å². The summed E-state index contributed by atoms with van der Waals surface area (Å²) < 4.78 is 5.45. The molecular formula is C24H22N2O4. The van der Waals surface area contributed by atoms with Crippen LogP contribution in [-0.4, -0.2) is 43.3 Å². The third kappa shape index (κ3) is 4.50. The molecule has 1 amide bonds. The van der Waals surface area contributed by atoms with Crippen molar-refractivity contribution in [3.05, 3.63) is 77.9 Å².